The van der Waals surface area contributed by atoms with E-state index >= 15 is 0 Å². The predicted octanol–water partition coefficient (Wildman–Crippen LogP) is -6.53. The van der Waals surface area contributed by atoms with Crippen molar-refractivity contribution >= 4 is 17.7 Å². The fourth-order valence-electron chi connectivity index (χ4n) is 17.6. The molecule has 8 aliphatic heterocycles. The van der Waals surface area contributed by atoms with Crippen molar-refractivity contribution in [1.82, 2.24) is 16.0 Å². The summed E-state index contributed by atoms with van der Waals surface area (Å²) in [6.45, 7) is -0.316. The molecule has 45 nitrogen and oxygen atoms in total. The number of aliphatic hydroxyl groups excluding tert-OH is 23. The highest BCUT2D eigenvalue weighted by Gasteiger charge is 2.60. The standard InChI is InChI=1S/C86H153N3O42/c1-6-8-10-12-14-16-18-20-22-24-26-28-30-32-46(98)45(89-54(99)33-31-29-27-25-23-21-19-17-15-13-11-9-7-2)40-116-81-70(113)65(108)73(50(37-93)123-81)126-85-71(114)66(109)74(51(38-94)124-85)127-86-72(115)78(60(103)49(36-92)121-86)131-80-55(87-43(4)96)76(129-84-69(112)64(107)59(102)48(35-91)120-84)61(104)53(125-80)41-117-79-56(88-44(5)97)77(130-82-67(110)62(105)57(100)42(3)118-82)75(52(39-95)122-79)128-83-68(111)63(106)58(101)47(34-90)119-83/h30,32,42,45-53,55-86,90-95,98,100-115H,6-29,31,33-41H2,1-5H3,(H,87,96)(H,88,97)(H,89,99)/b32-30+/t42?,45-,46+,47?,48?,49?,50?,51?,52?,53?,55?,56?,57+,58-,59-,60-,61-,62?,63-,64-,65+,66+,67-,68?,69?,70?,71?,72?,73+,74-,75+,76+,77+,78-,79+,80-,81+,82+,83-,84-,85-,86-/m0/s1. The molecule has 8 fully saturated rings. The van der Waals surface area contributed by atoms with E-state index in [4.69, 9.17) is 75.8 Å². The van der Waals surface area contributed by atoms with Crippen LogP contribution in [0.3, 0.4) is 0 Å². The van der Waals surface area contributed by atoms with Crippen LogP contribution in [0.4, 0.5) is 0 Å². The average molecular weight is 1900 g/mol. The first-order valence-electron chi connectivity index (χ1n) is 46.8. The summed E-state index contributed by atoms with van der Waals surface area (Å²) in [5.41, 5.74) is 0. The van der Waals surface area contributed by atoms with Gasteiger partial charge in [0.25, 0.3) is 0 Å². The number of unbranched alkanes of at least 4 members (excludes halogenated alkanes) is 23. The van der Waals surface area contributed by atoms with E-state index in [1.54, 1.807) is 6.08 Å². The van der Waals surface area contributed by atoms with E-state index in [0.29, 0.717) is 12.8 Å². The maximum absolute atomic E-state index is 13.6. The zero-order valence-electron chi connectivity index (χ0n) is 75.5. The molecule has 16 unspecified atom stereocenters. The topological polar surface area (TPSA) is 700 Å². The van der Waals surface area contributed by atoms with E-state index in [1.807, 2.05) is 6.08 Å². The van der Waals surface area contributed by atoms with Gasteiger partial charge in [-0.2, -0.15) is 0 Å². The number of nitrogens with one attached hydrogen (secondary N) is 3. The average Bonchev–Trinajstić information content (AvgIpc) is 0.768. The van der Waals surface area contributed by atoms with Crippen LogP contribution in [0.2, 0.25) is 0 Å². The normalized spacial score (nSPS) is 40.6. The lowest BCUT2D eigenvalue weighted by Gasteiger charge is -2.51. The summed E-state index contributed by atoms with van der Waals surface area (Å²) in [6.07, 6.45) is -46.6. The first-order valence-corrected chi connectivity index (χ1v) is 46.8. The van der Waals surface area contributed by atoms with Crippen molar-refractivity contribution in [2.45, 2.75) is 459 Å². The van der Waals surface area contributed by atoms with Crippen LogP contribution in [-0.4, -0.2) is 446 Å². The van der Waals surface area contributed by atoms with Gasteiger partial charge in [0.1, 0.15) is 189 Å². The van der Waals surface area contributed by atoms with Gasteiger partial charge in [0.15, 0.2) is 50.3 Å². The molecule has 131 heavy (non-hydrogen) atoms. The van der Waals surface area contributed by atoms with Gasteiger partial charge in [0.05, 0.1) is 71.1 Å². The summed E-state index contributed by atoms with van der Waals surface area (Å²) in [5, 5.41) is 266. The van der Waals surface area contributed by atoms with Crippen molar-refractivity contribution in [2.24, 2.45) is 0 Å². The van der Waals surface area contributed by atoms with Gasteiger partial charge in [-0.1, -0.05) is 167 Å². The number of ether oxygens (including phenoxy) is 16. The first kappa shape index (κ1) is 113. The molecule has 8 saturated heterocycles. The molecule has 0 saturated carbocycles. The Bertz CT molecular complexity index is 3210. The van der Waals surface area contributed by atoms with Gasteiger partial charge in [-0.15, -0.1) is 0 Å². The lowest BCUT2D eigenvalue weighted by Crippen LogP contribution is -2.71. The Labute approximate surface area is 762 Å². The van der Waals surface area contributed by atoms with Gasteiger partial charge >= 0.3 is 0 Å². The quantitative estimate of drug-likeness (QED) is 0.0199. The molecule has 0 radical (unpaired) electrons. The van der Waals surface area contributed by atoms with Crippen LogP contribution in [0, 0.1) is 0 Å². The molecule has 45 heteroatoms. The second-order valence-electron chi connectivity index (χ2n) is 35.6. The van der Waals surface area contributed by atoms with Gasteiger partial charge in [0, 0.05) is 20.3 Å². The van der Waals surface area contributed by atoms with Crippen LogP contribution in [0.1, 0.15) is 202 Å². The summed E-state index contributed by atoms with van der Waals surface area (Å²) in [5.74, 6) is -2.26. The second-order valence-corrected chi connectivity index (χ2v) is 35.6. The SMILES string of the molecule is CCCCCCCCCCCCC/C=C/[C@@H](O)[C@H](CO[C@@H]1OC(CO)[C@@H](O[C@@H]2OC(CO)[C@H](O[C@@H]3OC(CO)[C@H](O)[C@H](O[C@@H]4OC(CO[C@@H]5OC(CO)[C@@H](O[C@@H]6OC(CO)[C@H](O)[C@H](O)C6O)[C@H](O[C@H]6OC(C)[C@@H](O)C(O)[C@@H]6O)C5NC(C)=O)[C@H](O)[C@H](O[C@@H]5OC(CO)[C@H](O)[C@H](O)C5O)C4NC(C)=O)C3O)[C@H](O)C2O)[C@H](O)C1O)NC(=O)CCCCCCCCCCCCCCC. The molecular formula is C86H153N3O42. The van der Waals surface area contributed by atoms with Gasteiger partial charge in [-0.05, 0) is 26.2 Å². The maximum atomic E-state index is 13.6. The third-order valence-electron chi connectivity index (χ3n) is 25.4. The second kappa shape index (κ2) is 57.3. The number of aliphatic hydroxyl groups is 23. The Morgan fingerprint density at radius 2 is 0.656 bits per heavy atom. The molecule has 0 aliphatic carbocycles. The smallest absolute Gasteiger partial charge is 0.220 e. The summed E-state index contributed by atoms with van der Waals surface area (Å²) >= 11 is 0. The van der Waals surface area contributed by atoms with Crippen molar-refractivity contribution < 1.29 is 208 Å². The Kier molecular flexibility index (Phi) is 49.4. The van der Waals surface area contributed by atoms with E-state index in [-0.39, 0.29) is 12.3 Å². The Morgan fingerprint density at radius 1 is 0.321 bits per heavy atom. The van der Waals surface area contributed by atoms with Crippen molar-refractivity contribution in [3.8, 4) is 0 Å². The van der Waals surface area contributed by atoms with E-state index < -0.39 is 322 Å². The van der Waals surface area contributed by atoms with Crippen LogP contribution in [-0.2, 0) is 90.2 Å². The number of hydrogen-bond donors (Lipinski definition) is 26. The Hall–Kier alpha value is -3.41. The number of amides is 3. The molecular weight excluding hydrogens is 1750 g/mol. The minimum atomic E-state index is -2.42. The fourth-order valence-corrected chi connectivity index (χ4v) is 17.6. The first-order chi connectivity index (χ1) is 62.7. The molecule has 0 aromatic heterocycles. The van der Waals surface area contributed by atoms with Crippen LogP contribution < -0.4 is 16.0 Å². The molecule has 3 amide bonds. The molecule has 8 rings (SSSR count). The van der Waals surface area contributed by atoms with Gasteiger partial charge in [-0.25, -0.2) is 0 Å². The van der Waals surface area contributed by atoms with Crippen molar-refractivity contribution in [1.29, 1.82) is 0 Å². The third-order valence-corrected chi connectivity index (χ3v) is 25.4. The van der Waals surface area contributed by atoms with Crippen molar-refractivity contribution in [3.05, 3.63) is 12.2 Å². The Balaban J connectivity index is 0.978. The fraction of sp³-hybridized carbons (Fsp3) is 0.942. The van der Waals surface area contributed by atoms with Crippen LogP contribution in [0.25, 0.3) is 0 Å². The number of hydrogen-bond acceptors (Lipinski definition) is 42. The molecule has 8 aliphatic rings. The summed E-state index contributed by atoms with van der Waals surface area (Å²) in [4.78, 5) is 40.3. The number of carbonyl (C=O) groups is 3. The lowest BCUT2D eigenvalue weighted by atomic mass is 9.93. The highest BCUT2D eigenvalue weighted by atomic mass is 16.8. The highest BCUT2D eigenvalue weighted by molar-refractivity contribution is 5.76. The summed E-state index contributed by atoms with van der Waals surface area (Å²) < 4.78 is 96.3. The third kappa shape index (κ3) is 31.8. The molecule has 0 spiro atoms. The van der Waals surface area contributed by atoms with Gasteiger partial charge in [-0.3, -0.25) is 14.4 Å². The predicted molar refractivity (Wildman–Crippen MR) is 448 cm³/mol. The van der Waals surface area contributed by atoms with Crippen LogP contribution in [0.5, 0.6) is 0 Å². The molecule has 0 aromatic carbocycles. The van der Waals surface area contributed by atoms with Crippen LogP contribution >= 0.6 is 0 Å². The zero-order valence-corrected chi connectivity index (χ0v) is 75.5. The molecule has 26 N–H and O–H groups in total. The minimum Gasteiger partial charge on any atom is -0.394 e. The van der Waals surface area contributed by atoms with E-state index in [9.17, 15) is 132 Å². The minimum absolute atomic E-state index is 0.152. The van der Waals surface area contributed by atoms with Crippen LogP contribution in [0.15, 0.2) is 12.2 Å². The number of allylic oxidation sites excluding steroid dienone is 1. The largest absolute Gasteiger partial charge is 0.394 e. The molecule has 0 aromatic rings. The maximum Gasteiger partial charge on any atom is 0.220 e. The number of rotatable bonds is 55. The van der Waals surface area contributed by atoms with E-state index in [1.165, 1.54) is 96.8 Å². The monoisotopic (exact) mass is 1900 g/mol. The van der Waals surface area contributed by atoms with E-state index in [2.05, 4.69) is 29.8 Å². The van der Waals surface area contributed by atoms with Crippen molar-refractivity contribution in [2.75, 3.05) is 52.9 Å². The van der Waals surface area contributed by atoms with E-state index in [0.717, 1.165) is 71.6 Å². The van der Waals surface area contributed by atoms with Gasteiger partial charge < -0.3 is 209 Å². The Morgan fingerprint density at radius 3 is 1.12 bits per heavy atom. The molecule has 42 atom stereocenters. The summed E-state index contributed by atoms with van der Waals surface area (Å²) in [6, 6.07) is -4.96. The molecule has 764 valence electrons. The van der Waals surface area contributed by atoms with Crippen molar-refractivity contribution in [3.63, 3.8) is 0 Å². The molecule has 8 heterocycles. The molecule has 0 bridgehead atoms. The van der Waals surface area contributed by atoms with Gasteiger partial charge in [0.2, 0.25) is 17.7 Å². The zero-order chi connectivity index (χ0) is 95.9. The lowest BCUT2D eigenvalue weighted by molar-refractivity contribution is -0.391. The summed E-state index contributed by atoms with van der Waals surface area (Å²) in [7, 11) is 0. The highest BCUT2D eigenvalue weighted by Crippen LogP contribution is 2.40. The number of carbonyl (C=O) groups excluding carboxylic acids is 3.